The van der Waals surface area contributed by atoms with Crippen molar-refractivity contribution in [2.75, 3.05) is 20.6 Å². The maximum atomic E-state index is 5.42. The maximum absolute atomic E-state index is 5.42. The Labute approximate surface area is 128 Å². The molecule has 2 aliphatic rings. The molecule has 0 amide bonds. The van der Waals surface area contributed by atoms with E-state index < -0.39 is 0 Å². The fourth-order valence-electron chi connectivity index (χ4n) is 3.43. The molecule has 3 rings (SSSR count). The molecule has 0 spiro atoms. The summed E-state index contributed by atoms with van der Waals surface area (Å²) in [4.78, 5) is 2.11. The van der Waals surface area contributed by atoms with Gasteiger partial charge in [0.1, 0.15) is 0 Å². The molecule has 0 aromatic carbocycles. The van der Waals surface area contributed by atoms with Crippen molar-refractivity contribution in [1.29, 1.82) is 0 Å². The van der Waals surface area contributed by atoms with E-state index in [-0.39, 0.29) is 0 Å². The van der Waals surface area contributed by atoms with Crippen molar-refractivity contribution >= 4 is 0 Å². The van der Waals surface area contributed by atoms with E-state index in [4.69, 9.17) is 4.52 Å². The van der Waals surface area contributed by atoms with Crippen molar-refractivity contribution in [2.24, 2.45) is 17.3 Å². The van der Waals surface area contributed by atoms with Crippen molar-refractivity contribution < 1.29 is 4.52 Å². The fourth-order valence-corrected chi connectivity index (χ4v) is 3.43. The van der Waals surface area contributed by atoms with Gasteiger partial charge in [0.15, 0.2) is 5.76 Å². The SMILES string of the molecule is CN(C)Cc1cc(CC2CC(NCC3CC3)C2(C)C)no1. The molecule has 118 valence electrons. The summed E-state index contributed by atoms with van der Waals surface area (Å²) >= 11 is 0. The van der Waals surface area contributed by atoms with Crippen molar-refractivity contribution in [3.05, 3.63) is 17.5 Å². The van der Waals surface area contributed by atoms with E-state index in [0.717, 1.165) is 30.3 Å². The lowest BCUT2D eigenvalue weighted by molar-refractivity contribution is 0.0131. The van der Waals surface area contributed by atoms with Gasteiger partial charge in [-0.3, -0.25) is 0 Å². The number of aromatic nitrogens is 1. The lowest BCUT2D eigenvalue weighted by atomic mass is 9.57. The highest BCUT2D eigenvalue weighted by atomic mass is 16.5. The Morgan fingerprint density at radius 3 is 2.76 bits per heavy atom. The minimum Gasteiger partial charge on any atom is -0.360 e. The second-order valence-electron chi connectivity index (χ2n) is 7.88. The molecule has 0 aliphatic heterocycles. The van der Waals surface area contributed by atoms with Crippen LogP contribution in [0.15, 0.2) is 10.6 Å². The Bertz CT molecular complexity index is 476. The summed E-state index contributed by atoms with van der Waals surface area (Å²) in [5.74, 6) is 2.64. The van der Waals surface area contributed by atoms with Crippen LogP contribution >= 0.6 is 0 Å². The minimum absolute atomic E-state index is 0.371. The zero-order valence-electron chi connectivity index (χ0n) is 13.9. The van der Waals surface area contributed by atoms with Crippen molar-refractivity contribution in [3.63, 3.8) is 0 Å². The lowest BCUT2D eigenvalue weighted by Gasteiger charge is -2.52. The summed E-state index contributed by atoms with van der Waals surface area (Å²) in [5, 5.41) is 8.01. The summed E-state index contributed by atoms with van der Waals surface area (Å²) in [5.41, 5.74) is 1.49. The third kappa shape index (κ3) is 3.49. The Morgan fingerprint density at radius 1 is 1.38 bits per heavy atom. The minimum atomic E-state index is 0.371. The van der Waals surface area contributed by atoms with Crippen LogP contribution in [-0.2, 0) is 13.0 Å². The third-order valence-corrected chi connectivity index (χ3v) is 5.36. The van der Waals surface area contributed by atoms with E-state index in [9.17, 15) is 0 Å². The van der Waals surface area contributed by atoms with Gasteiger partial charge in [-0.2, -0.15) is 0 Å². The standard InChI is InChI=1S/C17H29N3O/c1-17(2)13(8-16(17)18-10-12-5-6-12)7-14-9-15(21-19-14)11-20(3)4/h9,12-13,16,18H,5-8,10-11H2,1-4H3. The van der Waals surface area contributed by atoms with E-state index in [2.05, 4.69) is 35.3 Å². The number of hydrogen-bond acceptors (Lipinski definition) is 4. The Kier molecular flexibility index (Phi) is 4.10. The molecule has 2 fully saturated rings. The maximum Gasteiger partial charge on any atom is 0.150 e. The Morgan fingerprint density at radius 2 is 2.14 bits per heavy atom. The van der Waals surface area contributed by atoms with Gasteiger partial charge < -0.3 is 14.7 Å². The highest BCUT2D eigenvalue weighted by Gasteiger charge is 2.48. The second kappa shape index (κ2) is 5.73. The van der Waals surface area contributed by atoms with Crippen LogP contribution in [0.2, 0.25) is 0 Å². The van der Waals surface area contributed by atoms with Gasteiger partial charge in [0.05, 0.1) is 12.2 Å². The Balaban J connectivity index is 1.50. The van der Waals surface area contributed by atoms with E-state index >= 15 is 0 Å². The smallest absolute Gasteiger partial charge is 0.150 e. The van der Waals surface area contributed by atoms with E-state index in [0.29, 0.717) is 17.4 Å². The van der Waals surface area contributed by atoms with Crippen LogP contribution in [0, 0.1) is 17.3 Å². The summed E-state index contributed by atoms with van der Waals surface area (Å²) in [6, 6.07) is 2.80. The normalized spacial score (nSPS) is 27.9. The molecule has 2 atom stereocenters. The second-order valence-corrected chi connectivity index (χ2v) is 7.88. The first-order valence-electron chi connectivity index (χ1n) is 8.27. The van der Waals surface area contributed by atoms with Gasteiger partial charge in [0.2, 0.25) is 0 Å². The molecule has 2 aliphatic carbocycles. The predicted molar refractivity (Wildman–Crippen MR) is 84.0 cm³/mol. The molecule has 21 heavy (non-hydrogen) atoms. The summed E-state index contributed by atoms with van der Waals surface area (Å²) in [6.45, 7) is 6.84. The fraction of sp³-hybridized carbons (Fsp3) is 0.824. The van der Waals surface area contributed by atoms with E-state index in [1.807, 2.05) is 14.1 Å². The van der Waals surface area contributed by atoms with Gasteiger partial charge in [-0.25, -0.2) is 0 Å². The number of hydrogen-bond donors (Lipinski definition) is 1. The first-order valence-corrected chi connectivity index (χ1v) is 8.27. The van der Waals surface area contributed by atoms with Gasteiger partial charge >= 0.3 is 0 Å². The third-order valence-electron chi connectivity index (χ3n) is 5.36. The Hall–Kier alpha value is -0.870. The molecular weight excluding hydrogens is 262 g/mol. The van der Waals surface area contributed by atoms with Crippen LogP contribution in [0.5, 0.6) is 0 Å². The number of nitrogens with one attached hydrogen (secondary N) is 1. The van der Waals surface area contributed by atoms with E-state index in [1.54, 1.807) is 0 Å². The molecule has 4 heteroatoms. The zero-order valence-corrected chi connectivity index (χ0v) is 13.9. The largest absolute Gasteiger partial charge is 0.360 e. The molecule has 0 bridgehead atoms. The molecule has 2 unspecified atom stereocenters. The first-order chi connectivity index (χ1) is 9.95. The molecule has 1 heterocycles. The van der Waals surface area contributed by atoms with Crippen LogP contribution in [0.1, 0.15) is 44.6 Å². The first kappa shape index (κ1) is 15.0. The van der Waals surface area contributed by atoms with Crippen LogP contribution in [0.4, 0.5) is 0 Å². The average molecular weight is 291 g/mol. The van der Waals surface area contributed by atoms with Gasteiger partial charge in [-0.15, -0.1) is 0 Å². The summed E-state index contributed by atoms with van der Waals surface area (Å²) in [7, 11) is 4.10. The number of nitrogens with zero attached hydrogens (tertiary/aromatic N) is 2. The van der Waals surface area contributed by atoms with Crippen molar-refractivity contribution in [1.82, 2.24) is 15.4 Å². The summed E-state index contributed by atoms with van der Waals surface area (Å²) in [6.07, 6.45) is 5.18. The molecule has 1 aromatic rings. The molecule has 0 radical (unpaired) electrons. The molecule has 2 saturated carbocycles. The van der Waals surface area contributed by atoms with Crippen LogP contribution < -0.4 is 5.32 Å². The van der Waals surface area contributed by atoms with Crippen LogP contribution in [0.25, 0.3) is 0 Å². The van der Waals surface area contributed by atoms with Gasteiger partial charge in [-0.05, 0) is 63.6 Å². The van der Waals surface area contributed by atoms with Crippen molar-refractivity contribution in [3.8, 4) is 0 Å². The van der Waals surface area contributed by atoms with Gasteiger partial charge in [-0.1, -0.05) is 19.0 Å². The summed E-state index contributed by atoms with van der Waals surface area (Å²) < 4.78 is 5.42. The molecule has 1 N–H and O–H groups in total. The molecule has 0 saturated heterocycles. The number of rotatable bonds is 7. The predicted octanol–water partition coefficient (Wildman–Crippen LogP) is 2.69. The average Bonchev–Trinajstić information content (AvgIpc) is 3.13. The molecular formula is C17H29N3O. The highest BCUT2D eigenvalue weighted by molar-refractivity contribution is 5.11. The monoisotopic (exact) mass is 291 g/mol. The molecule has 4 nitrogen and oxygen atoms in total. The quantitative estimate of drug-likeness (QED) is 0.838. The highest BCUT2D eigenvalue weighted by Crippen LogP contribution is 2.48. The van der Waals surface area contributed by atoms with Crippen LogP contribution in [-0.4, -0.2) is 36.7 Å². The van der Waals surface area contributed by atoms with E-state index in [1.165, 1.54) is 25.8 Å². The van der Waals surface area contributed by atoms with Gasteiger partial charge in [0, 0.05) is 12.1 Å². The van der Waals surface area contributed by atoms with Crippen LogP contribution in [0.3, 0.4) is 0 Å². The molecule has 1 aromatic heterocycles. The topological polar surface area (TPSA) is 41.3 Å². The van der Waals surface area contributed by atoms with Gasteiger partial charge in [0.25, 0.3) is 0 Å². The lowest BCUT2D eigenvalue weighted by Crippen LogP contribution is -2.57. The zero-order chi connectivity index (χ0) is 15.0. The van der Waals surface area contributed by atoms with Crippen molar-refractivity contribution in [2.45, 2.75) is 52.1 Å².